The van der Waals surface area contributed by atoms with E-state index in [1.807, 2.05) is 6.07 Å². The first-order valence-corrected chi connectivity index (χ1v) is 4.35. The minimum Gasteiger partial charge on any atom is -0.396 e. The molecule has 0 aliphatic rings. The number of aliphatic hydroxyl groups is 1. The van der Waals surface area contributed by atoms with Gasteiger partial charge in [-0.05, 0) is 31.0 Å². The molecular weight excluding hydrogens is 169 g/mol. The molecule has 0 saturated carbocycles. The van der Waals surface area contributed by atoms with Crippen LogP contribution in [0.5, 0.6) is 0 Å². The molecule has 72 valence electrons. The summed E-state index contributed by atoms with van der Waals surface area (Å²) in [6.07, 6.45) is 0.676. The zero-order valence-corrected chi connectivity index (χ0v) is 7.68. The molecule has 2 nitrogen and oxygen atoms in total. The third-order valence-electron chi connectivity index (χ3n) is 1.84. The maximum absolute atomic E-state index is 13.0. The van der Waals surface area contributed by atoms with Crippen molar-refractivity contribution in [2.24, 2.45) is 0 Å². The average molecular weight is 183 g/mol. The second-order valence-corrected chi connectivity index (χ2v) is 2.97. The van der Waals surface area contributed by atoms with Gasteiger partial charge in [-0.25, -0.2) is 4.39 Å². The molecule has 1 aromatic rings. The normalized spacial score (nSPS) is 10.1. The Morgan fingerprint density at radius 3 is 2.85 bits per heavy atom. The molecular formula is C10H14FNO. The van der Waals surface area contributed by atoms with Gasteiger partial charge in [0.15, 0.2) is 0 Å². The molecule has 2 N–H and O–H groups in total. The predicted octanol–water partition coefficient (Wildman–Crippen LogP) is 1.93. The van der Waals surface area contributed by atoms with Gasteiger partial charge >= 0.3 is 0 Å². The van der Waals surface area contributed by atoms with Gasteiger partial charge < -0.3 is 10.4 Å². The third-order valence-corrected chi connectivity index (χ3v) is 1.84. The number of aryl methyl sites for hydroxylation is 1. The summed E-state index contributed by atoms with van der Waals surface area (Å²) in [4.78, 5) is 0. The van der Waals surface area contributed by atoms with Crippen LogP contribution in [0.2, 0.25) is 0 Å². The molecule has 3 heteroatoms. The lowest BCUT2D eigenvalue weighted by atomic mass is 10.2. The fraction of sp³-hybridized carbons (Fsp3) is 0.400. The zero-order valence-electron chi connectivity index (χ0n) is 7.68. The molecule has 0 spiro atoms. The highest BCUT2D eigenvalue weighted by atomic mass is 19.1. The number of halogens is 1. The van der Waals surface area contributed by atoms with Gasteiger partial charge in [-0.15, -0.1) is 0 Å². The minimum atomic E-state index is -0.200. The van der Waals surface area contributed by atoms with E-state index >= 15 is 0 Å². The van der Waals surface area contributed by atoms with Crippen LogP contribution in [0.3, 0.4) is 0 Å². The van der Waals surface area contributed by atoms with Crippen LogP contribution < -0.4 is 5.32 Å². The standard InChI is InChI=1S/C10H14FNO/c1-8-3-4-9(7-10(8)11)12-5-2-6-13/h3-4,7,12-13H,2,5-6H2,1H3. The van der Waals surface area contributed by atoms with Crippen LogP contribution >= 0.6 is 0 Å². The highest BCUT2D eigenvalue weighted by molar-refractivity contribution is 5.44. The van der Waals surface area contributed by atoms with Crippen LogP contribution in [-0.4, -0.2) is 18.3 Å². The molecule has 13 heavy (non-hydrogen) atoms. The number of rotatable bonds is 4. The van der Waals surface area contributed by atoms with E-state index in [2.05, 4.69) is 5.32 Å². The van der Waals surface area contributed by atoms with E-state index in [0.717, 1.165) is 5.69 Å². The molecule has 0 aliphatic heterocycles. The average Bonchev–Trinajstić information content (AvgIpc) is 2.12. The summed E-state index contributed by atoms with van der Waals surface area (Å²) in [5.41, 5.74) is 1.41. The molecule has 0 amide bonds. The monoisotopic (exact) mass is 183 g/mol. The third kappa shape index (κ3) is 3.03. The Labute approximate surface area is 77.4 Å². The second-order valence-electron chi connectivity index (χ2n) is 2.97. The smallest absolute Gasteiger partial charge is 0.128 e. The summed E-state index contributed by atoms with van der Waals surface area (Å²) in [5, 5.41) is 11.5. The van der Waals surface area contributed by atoms with Gasteiger partial charge in [0.2, 0.25) is 0 Å². The van der Waals surface area contributed by atoms with Gasteiger partial charge in [-0.1, -0.05) is 6.07 Å². The minimum absolute atomic E-state index is 0.154. The van der Waals surface area contributed by atoms with Crippen molar-refractivity contribution >= 4 is 5.69 Å². The lowest BCUT2D eigenvalue weighted by molar-refractivity contribution is 0.292. The van der Waals surface area contributed by atoms with Crippen LogP contribution in [0, 0.1) is 12.7 Å². The van der Waals surface area contributed by atoms with Gasteiger partial charge in [-0.3, -0.25) is 0 Å². The molecule has 0 aromatic heterocycles. The zero-order chi connectivity index (χ0) is 9.68. The van der Waals surface area contributed by atoms with Crippen LogP contribution in [0.25, 0.3) is 0 Å². The van der Waals surface area contributed by atoms with Gasteiger partial charge in [0.1, 0.15) is 5.82 Å². The number of hydrogen-bond donors (Lipinski definition) is 2. The summed E-state index contributed by atoms with van der Waals surface area (Å²) >= 11 is 0. The Kier molecular flexibility index (Phi) is 3.71. The van der Waals surface area contributed by atoms with Crippen molar-refractivity contribution in [3.05, 3.63) is 29.6 Å². The number of hydrogen-bond acceptors (Lipinski definition) is 2. The van der Waals surface area contributed by atoms with E-state index in [1.54, 1.807) is 13.0 Å². The quantitative estimate of drug-likeness (QED) is 0.699. The summed E-state index contributed by atoms with van der Waals surface area (Å²) in [6, 6.07) is 5.03. The van der Waals surface area contributed by atoms with Crippen molar-refractivity contribution < 1.29 is 9.50 Å². The van der Waals surface area contributed by atoms with Crippen LogP contribution in [0.4, 0.5) is 10.1 Å². The SMILES string of the molecule is Cc1ccc(NCCCO)cc1F. The molecule has 0 bridgehead atoms. The molecule has 0 unspecified atom stereocenters. The van der Waals surface area contributed by atoms with Gasteiger partial charge in [0.25, 0.3) is 0 Å². The summed E-state index contributed by atoms with van der Waals surface area (Å²) in [7, 11) is 0. The van der Waals surface area contributed by atoms with Crippen molar-refractivity contribution in [2.45, 2.75) is 13.3 Å². The van der Waals surface area contributed by atoms with Crippen molar-refractivity contribution in [2.75, 3.05) is 18.5 Å². The van der Waals surface area contributed by atoms with E-state index in [0.29, 0.717) is 18.5 Å². The Balaban J connectivity index is 2.53. The topological polar surface area (TPSA) is 32.3 Å². The Hall–Kier alpha value is -1.09. The lowest BCUT2D eigenvalue weighted by Crippen LogP contribution is -2.03. The maximum Gasteiger partial charge on any atom is 0.128 e. The number of aliphatic hydroxyl groups excluding tert-OH is 1. The van der Waals surface area contributed by atoms with Crippen molar-refractivity contribution in [3.63, 3.8) is 0 Å². The van der Waals surface area contributed by atoms with Crippen molar-refractivity contribution in [3.8, 4) is 0 Å². The number of nitrogens with one attached hydrogen (secondary N) is 1. The molecule has 0 aliphatic carbocycles. The highest BCUT2D eigenvalue weighted by Gasteiger charge is 1.97. The molecule has 0 radical (unpaired) electrons. The molecule has 0 atom stereocenters. The van der Waals surface area contributed by atoms with Crippen LogP contribution in [0.1, 0.15) is 12.0 Å². The first kappa shape index (κ1) is 9.99. The summed E-state index contributed by atoms with van der Waals surface area (Å²) in [5.74, 6) is -0.200. The van der Waals surface area contributed by atoms with E-state index < -0.39 is 0 Å². The first-order valence-electron chi connectivity index (χ1n) is 4.35. The molecule has 0 saturated heterocycles. The van der Waals surface area contributed by atoms with Crippen molar-refractivity contribution in [1.29, 1.82) is 0 Å². The van der Waals surface area contributed by atoms with Crippen LogP contribution in [0.15, 0.2) is 18.2 Å². The van der Waals surface area contributed by atoms with Gasteiger partial charge in [0, 0.05) is 18.8 Å². The largest absolute Gasteiger partial charge is 0.396 e. The van der Waals surface area contributed by atoms with E-state index in [4.69, 9.17) is 5.11 Å². The fourth-order valence-corrected chi connectivity index (χ4v) is 1.01. The number of benzene rings is 1. The Morgan fingerprint density at radius 2 is 2.23 bits per heavy atom. The highest BCUT2D eigenvalue weighted by Crippen LogP contribution is 2.13. The van der Waals surface area contributed by atoms with E-state index in [1.165, 1.54) is 6.07 Å². The Bertz CT molecular complexity index is 276. The fourth-order valence-electron chi connectivity index (χ4n) is 1.01. The Morgan fingerprint density at radius 1 is 1.46 bits per heavy atom. The second kappa shape index (κ2) is 4.82. The summed E-state index contributed by atoms with van der Waals surface area (Å²) < 4.78 is 13.0. The lowest BCUT2D eigenvalue weighted by Gasteiger charge is -2.05. The van der Waals surface area contributed by atoms with Gasteiger partial charge in [0.05, 0.1) is 0 Å². The van der Waals surface area contributed by atoms with E-state index in [9.17, 15) is 4.39 Å². The predicted molar refractivity (Wildman–Crippen MR) is 51.3 cm³/mol. The number of anilines is 1. The first-order chi connectivity index (χ1) is 6.24. The summed E-state index contributed by atoms with van der Waals surface area (Å²) in [6.45, 7) is 2.55. The van der Waals surface area contributed by atoms with Crippen LogP contribution in [-0.2, 0) is 0 Å². The van der Waals surface area contributed by atoms with Gasteiger partial charge in [-0.2, -0.15) is 0 Å². The maximum atomic E-state index is 13.0. The van der Waals surface area contributed by atoms with E-state index in [-0.39, 0.29) is 12.4 Å². The van der Waals surface area contributed by atoms with Crippen molar-refractivity contribution in [1.82, 2.24) is 0 Å². The molecule has 0 heterocycles. The molecule has 1 aromatic carbocycles. The molecule has 0 fully saturated rings. The molecule has 1 rings (SSSR count).